The number of carbonyl (C=O) groups excluding carboxylic acids is 2. The van der Waals surface area contributed by atoms with E-state index in [9.17, 15) is 18.4 Å². The summed E-state index contributed by atoms with van der Waals surface area (Å²) in [5, 5.41) is 5.26. The molecule has 3 amide bonds. The first-order valence-electron chi connectivity index (χ1n) is 8.46. The Hall–Kier alpha value is -3.41. The van der Waals surface area contributed by atoms with Gasteiger partial charge in [-0.15, -0.1) is 21.2 Å². The van der Waals surface area contributed by atoms with Gasteiger partial charge in [-0.2, -0.15) is 4.98 Å². The number of nitrogen functional groups attached to an aromatic ring is 1. The van der Waals surface area contributed by atoms with Gasteiger partial charge in [0.25, 0.3) is 5.91 Å². The highest BCUT2D eigenvalue weighted by Gasteiger charge is 2.43. The van der Waals surface area contributed by atoms with E-state index >= 15 is 0 Å². The molecule has 0 radical (unpaired) electrons. The van der Waals surface area contributed by atoms with Crippen LogP contribution in [0.1, 0.15) is 24.2 Å². The zero-order chi connectivity index (χ0) is 21.0. The van der Waals surface area contributed by atoms with Crippen LogP contribution < -0.4 is 30.7 Å². The number of hydrogen-bond acceptors (Lipinski definition) is 7. The van der Waals surface area contributed by atoms with Crippen molar-refractivity contribution in [1.82, 2.24) is 15.3 Å². The molecule has 1 aromatic heterocycles. The first-order chi connectivity index (χ1) is 13.5. The SMILES string of the molecule is CC1(C)CN(c2ncc(C(=O)Nc3ccc4c(c3)OC(F)(F)O4)c(N)n2)C(=O)N1.Cl. The average molecular weight is 443 g/mol. The molecule has 4 N–H and O–H groups in total. The summed E-state index contributed by atoms with van der Waals surface area (Å²) < 4.78 is 34.8. The zero-order valence-corrected chi connectivity index (χ0v) is 16.5. The number of halogens is 3. The van der Waals surface area contributed by atoms with E-state index in [4.69, 9.17) is 5.73 Å². The van der Waals surface area contributed by atoms with Crippen molar-refractivity contribution in [3.05, 3.63) is 30.0 Å². The number of carbonyl (C=O) groups is 2. The van der Waals surface area contributed by atoms with Crippen LogP contribution >= 0.6 is 12.4 Å². The first kappa shape index (κ1) is 21.3. The Balaban J connectivity index is 0.00000256. The molecule has 0 bridgehead atoms. The maximum Gasteiger partial charge on any atom is 0.586 e. The Morgan fingerprint density at radius 2 is 2.00 bits per heavy atom. The third-order valence-electron chi connectivity index (χ3n) is 4.19. The van der Waals surface area contributed by atoms with E-state index in [0.29, 0.717) is 6.54 Å². The van der Waals surface area contributed by atoms with E-state index in [2.05, 4.69) is 30.1 Å². The van der Waals surface area contributed by atoms with Gasteiger partial charge in [0.1, 0.15) is 11.4 Å². The molecule has 0 unspecified atom stereocenters. The van der Waals surface area contributed by atoms with Crippen molar-refractivity contribution in [3.63, 3.8) is 0 Å². The second-order valence-electron chi connectivity index (χ2n) is 7.15. The van der Waals surface area contributed by atoms with Crippen molar-refractivity contribution in [2.24, 2.45) is 0 Å². The van der Waals surface area contributed by atoms with Gasteiger partial charge in [-0.1, -0.05) is 0 Å². The van der Waals surface area contributed by atoms with Crippen molar-refractivity contribution in [2.75, 3.05) is 22.5 Å². The van der Waals surface area contributed by atoms with Crippen LogP contribution in [0.15, 0.2) is 24.4 Å². The monoisotopic (exact) mass is 442 g/mol. The van der Waals surface area contributed by atoms with Crippen LogP contribution in [0.25, 0.3) is 0 Å². The topological polar surface area (TPSA) is 132 Å². The summed E-state index contributed by atoms with van der Waals surface area (Å²) in [6.07, 6.45) is -2.57. The second-order valence-corrected chi connectivity index (χ2v) is 7.15. The van der Waals surface area contributed by atoms with Crippen molar-refractivity contribution >= 4 is 41.8 Å². The van der Waals surface area contributed by atoms with Crippen LogP contribution in [0.5, 0.6) is 11.5 Å². The molecule has 13 heteroatoms. The fraction of sp³-hybridized carbons (Fsp3) is 0.294. The van der Waals surface area contributed by atoms with E-state index in [-0.39, 0.29) is 53.0 Å². The number of urea groups is 1. The van der Waals surface area contributed by atoms with Gasteiger partial charge in [-0.3, -0.25) is 9.69 Å². The highest BCUT2D eigenvalue weighted by Crippen LogP contribution is 2.42. The van der Waals surface area contributed by atoms with E-state index in [0.717, 1.165) is 0 Å². The van der Waals surface area contributed by atoms with E-state index in [1.165, 1.54) is 29.3 Å². The number of fused-ring (bicyclic) bond motifs is 1. The highest BCUT2D eigenvalue weighted by atomic mass is 35.5. The average Bonchev–Trinajstić information content (AvgIpc) is 3.06. The number of nitrogens with zero attached hydrogens (tertiary/aromatic N) is 3. The zero-order valence-electron chi connectivity index (χ0n) is 15.7. The smallest absolute Gasteiger partial charge is 0.395 e. The van der Waals surface area contributed by atoms with Crippen LogP contribution in [0, 0.1) is 0 Å². The van der Waals surface area contributed by atoms with Crippen LogP contribution in [0.2, 0.25) is 0 Å². The number of anilines is 3. The maximum absolute atomic E-state index is 13.1. The molecule has 0 saturated carbocycles. The number of alkyl halides is 2. The summed E-state index contributed by atoms with van der Waals surface area (Å²) in [6, 6.07) is 3.42. The predicted molar refractivity (Wildman–Crippen MR) is 104 cm³/mol. The Bertz CT molecular complexity index is 1040. The number of amides is 3. The second kappa shape index (κ2) is 7.13. The van der Waals surface area contributed by atoms with Gasteiger partial charge in [0.2, 0.25) is 5.95 Å². The molecular weight excluding hydrogens is 426 g/mol. The maximum atomic E-state index is 13.1. The molecule has 2 aromatic rings. The molecule has 1 saturated heterocycles. The molecule has 2 aliphatic rings. The summed E-state index contributed by atoms with van der Waals surface area (Å²) in [4.78, 5) is 33.9. The Morgan fingerprint density at radius 3 is 2.63 bits per heavy atom. The number of nitrogens with two attached hydrogens (primary N) is 1. The van der Waals surface area contributed by atoms with E-state index in [1.807, 2.05) is 13.8 Å². The number of nitrogens with one attached hydrogen (secondary N) is 2. The van der Waals surface area contributed by atoms with Gasteiger partial charge >= 0.3 is 12.3 Å². The summed E-state index contributed by atoms with van der Waals surface area (Å²) in [5.74, 6) is -1.10. The standard InChI is InChI=1S/C17H16F2N6O4.ClH/c1-16(2)7-25(15(27)24-16)14-21-6-9(12(20)23-14)13(26)22-8-3-4-10-11(5-8)29-17(18,19)28-10;/h3-6H,7H2,1-2H3,(H,22,26)(H,24,27)(H2,20,21,23);1H. The van der Waals surface area contributed by atoms with Crippen molar-refractivity contribution in [3.8, 4) is 11.5 Å². The molecule has 4 rings (SSSR count). The van der Waals surface area contributed by atoms with Gasteiger partial charge in [-0.05, 0) is 26.0 Å². The van der Waals surface area contributed by atoms with Crippen LogP contribution in [-0.4, -0.2) is 40.3 Å². The van der Waals surface area contributed by atoms with E-state index < -0.39 is 17.7 Å². The summed E-state index contributed by atoms with van der Waals surface area (Å²) in [5.41, 5.74) is 5.55. The van der Waals surface area contributed by atoms with Crippen LogP contribution in [-0.2, 0) is 0 Å². The number of benzene rings is 1. The molecule has 1 fully saturated rings. The third-order valence-corrected chi connectivity index (χ3v) is 4.19. The lowest BCUT2D eigenvalue weighted by molar-refractivity contribution is -0.286. The fourth-order valence-corrected chi connectivity index (χ4v) is 2.94. The molecule has 2 aliphatic heterocycles. The quantitative estimate of drug-likeness (QED) is 0.664. The third kappa shape index (κ3) is 3.99. The minimum absolute atomic E-state index is 0. The molecule has 1 aromatic carbocycles. The molecule has 160 valence electrons. The largest absolute Gasteiger partial charge is 0.586 e. The minimum atomic E-state index is -3.75. The summed E-state index contributed by atoms with van der Waals surface area (Å²) >= 11 is 0. The van der Waals surface area contributed by atoms with Crippen LogP contribution in [0.4, 0.5) is 31.0 Å². The van der Waals surface area contributed by atoms with Gasteiger partial charge in [0, 0.05) is 18.0 Å². The van der Waals surface area contributed by atoms with Crippen molar-refractivity contribution in [1.29, 1.82) is 0 Å². The first-order valence-corrected chi connectivity index (χ1v) is 8.46. The Labute approximate surface area is 175 Å². The number of hydrogen-bond donors (Lipinski definition) is 3. The van der Waals surface area contributed by atoms with Crippen LogP contribution in [0.3, 0.4) is 0 Å². The number of ether oxygens (including phenoxy) is 2. The van der Waals surface area contributed by atoms with Gasteiger partial charge < -0.3 is 25.8 Å². The fourth-order valence-electron chi connectivity index (χ4n) is 2.94. The van der Waals surface area contributed by atoms with Gasteiger partial charge in [0.15, 0.2) is 11.5 Å². The lowest BCUT2D eigenvalue weighted by Gasteiger charge is -2.17. The predicted octanol–water partition coefficient (Wildman–Crippen LogP) is 2.36. The minimum Gasteiger partial charge on any atom is -0.395 e. The molecule has 30 heavy (non-hydrogen) atoms. The normalized spacial score (nSPS) is 17.9. The molecule has 0 atom stereocenters. The Kier molecular flexibility index (Phi) is 5.06. The molecule has 0 aliphatic carbocycles. The molecule has 10 nitrogen and oxygen atoms in total. The van der Waals surface area contributed by atoms with E-state index in [1.54, 1.807) is 0 Å². The summed E-state index contributed by atoms with van der Waals surface area (Å²) in [7, 11) is 0. The molecule has 3 heterocycles. The van der Waals surface area contributed by atoms with Crippen molar-refractivity contribution in [2.45, 2.75) is 25.7 Å². The number of rotatable bonds is 3. The molecule has 0 spiro atoms. The Morgan fingerprint density at radius 1 is 1.30 bits per heavy atom. The lowest BCUT2D eigenvalue weighted by atomic mass is 10.1. The lowest BCUT2D eigenvalue weighted by Crippen LogP contribution is -2.36. The molecular formula is C17H17ClF2N6O4. The summed E-state index contributed by atoms with van der Waals surface area (Å²) in [6.45, 7) is 4.02. The number of aromatic nitrogens is 2. The highest BCUT2D eigenvalue weighted by molar-refractivity contribution is 6.07. The van der Waals surface area contributed by atoms with Crippen molar-refractivity contribution < 1.29 is 27.8 Å². The van der Waals surface area contributed by atoms with Gasteiger partial charge in [-0.25, -0.2) is 9.78 Å². The van der Waals surface area contributed by atoms with Gasteiger partial charge in [0.05, 0.1) is 12.1 Å².